The Morgan fingerprint density at radius 3 is 2.06 bits per heavy atom. The number of fused-ring (bicyclic) bond motifs is 1. The van der Waals surface area contributed by atoms with Gasteiger partial charge in [0.1, 0.15) is 22.5 Å². The van der Waals surface area contributed by atoms with Crippen molar-refractivity contribution in [2.75, 3.05) is 7.11 Å². The van der Waals surface area contributed by atoms with Crippen LogP contribution in [0.2, 0.25) is 5.02 Å². The van der Waals surface area contributed by atoms with E-state index in [9.17, 15) is 15.0 Å². The molecule has 0 amide bonds. The predicted molar refractivity (Wildman–Crippen MR) is 129 cm³/mol. The summed E-state index contributed by atoms with van der Waals surface area (Å²) in [5.41, 5.74) is 3.01. The van der Waals surface area contributed by atoms with Crippen LogP contribution in [0, 0.1) is 0 Å². The third-order valence-corrected chi connectivity index (χ3v) is 5.43. The zero-order chi connectivity index (χ0) is 23.6. The van der Waals surface area contributed by atoms with Gasteiger partial charge in [-0.3, -0.25) is 4.79 Å². The zero-order valence-corrected chi connectivity index (χ0v) is 19.6. The van der Waals surface area contributed by atoms with Gasteiger partial charge in [-0.15, -0.1) is 0 Å². The Morgan fingerprint density at radius 2 is 1.53 bits per heavy atom. The Balaban J connectivity index is 2.45. The van der Waals surface area contributed by atoms with Crippen molar-refractivity contribution in [2.45, 2.75) is 40.5 Å². The van der Waals surface area contributed by atoms with Gasteiger partial charge in [0.05, 0.1) is 7.11 Å². The molecule has 0 aliphatic carbocycles. The fraction of sp³-hybridized carbons (Fsp3) is 0.269. The topological polar surface area (TPSA) is 79.9 Å². The molecule has 0 bridgehead atoms. The summed E-state index contributed by atoms with van der Waals surface area (Å²) >= 11 is 6.01. The van der Waals surface area contributed by atoms with Gasteiger partial charge in [-0.2, -0.15) is 0 Å². The molecular formula is C26H27ClO5. The number of hydrogen-bond donors (Lipinski definition) is 2. The molecule has 3 rings (SSSR count). The molecule has 6 heteroatoms. The maximum Gasteiger partial charge on any atom is 0.239 e. The van der Waals surface area contributed by atoms with Crippen LogP contribution >= 0.6 is 11.6 Å². The second kappa shape index (κ2) is 9.53. The Labute approximate surface area is 192 Å². The molecule has 0 aliphatic rings. The first-order valence-electron chi connectivity index (χ1n) is 10.3. The molecule has 32 heavy (non-hydrogen) atoms. The highest BCUT2D eigenvalue weighted by Crippen LogP contribution is 2.42. The lowest BCUT2D eigenvalue weighted by molar-refractivity contribution is 0.396. The molecule has 0 unspecified atom stereocenters. The number of phenolic OH excluding ortho intramolecular Hbond substituents is 2. The molecule has 0 atom stereocenters. The van der Waals surface area contributed by atoms with Crippen LogP contribution in [0.25, 0.3) is 22.3 Å². The Hall–Kier alpha value is -3.18. The average molecular weight is 455 g/mol. The largest absolute Gasteiger partial charge is 0.507 e. The number of rotatable bonds is 6. The maximum atomic E-state index is 13.4. The summed E-state index contributed by atoms with van der Waals surface area (Å²) in [5, 5.41) is 22.6. The first-order valence-corrected chi connectivity index (χ1v) is 10.7. The molecule has 2 aromatic carbocycles. The predicted octanol–water partition coefficient (Wildman–Crippen LogP) is 6.55. The summed E-state index contributed by atoms with van der Waals surface area (Å²) in [7, 11) is 1.38. The zero-order valence-electron chi connectivity index (χ0n) is 18.9. The van der Waals surface area contributed by atoms with Crippen molar-refractivity contribution in [1.29, 1.82) is 0 Å². The third kappa shape index (κ3) is 4.53. The van der Waals surface area contributed by atoms with Gasteiger partial charge in [-0.05, 0) is 64.8 Å². The van der Waals surface area contributed by atoms with Crippen molar-refractivity contribution in [3.63, 3.8) is 0 Å². The summed E-state index contributed by atoms with van der Waals surface area (Å²) in [6, 6.07) is 6.80. The summed E-state index contributed by atoms with van der Waals surface area (Å²) < 4.78 is 11.6. The van der Waals surface area contributed by atoms with Gasteiger partial charge in [0.25, 0.3) is 0 Å². The molecular weight excluding hydrogens is 428 g/mol. The quantitative estimate of drug-likeness (QED) is 0.413. The van der Waals surface area contributed by atoms with Crippen LogP contribution < -0.4 is 10.2 Å². The number of halogens is 1. The highest BCUT2D eigenvalue weighted by atomic mass is 35.5. The fourth-order valence-electron chi connectivity index (χ4n) is 3.47. The summed E-state index contributed by atoms with van der Waals surface area (Å²) in [6.45, 7) is 7.74. The van der Waals surface area contributed by atoms with Gasteiger partial charge in [0.15, 0.2) is 5.76 Å². The number of aromatic hydroxyl groups is 2. The molecule has 0 aliphatic heterocycles. The van der Waals surface area contributed by atoms with Crippen LogP contribution in [0.5, 0.6) is 17.2 Å². The standard InChI is InChI=1S/C26H27ClO5/c1-14(2)6-12-18-21(28)19(13-7-15(3)4)25-20(22(18)29)23(30)26(31-5)24(32-25)16-8-10-17(27)11-9-16/h6-11,28-29H,12-13H2,1-5H3. The van der Waals surface area contributed by atoms with Crippen molar-refractivity contribution in [3.05, 3.63) is 73.9 Å². The lowest BCUT2D eigenvalue weighted by Gasteiger charge is -2.16. The maximum absolute atomic E-state index is 13.4. The fourth-order valence-corrected chi connectivity index (χ4v) is 3.60. The van der Waals surface area contributed by atoms with Gasteiger partial charge in [0, 0.05) is 21.7 Å². The second-order valence-corrected chi connectivity index (χ2v) is 8.57. The minimum absolute atomic E-state index is 0.00771. The van der Waals surface area contributed by atoms with E-state index in [2.05, 4.69) is 0 Å². The second-order valence-electron chi connectivity index (χ2n) is 8.13. The molecule has 2 N–H and O–H groups in total. The van der Waals surface area contributed by atoms with Crippen molar-refractivity contribution < 1.29 is 19.4 Å². The van der Waals surface area contributed by atoms with E-state index < -0.39 is 5.43 Å². The monoisotopic (exact) mass is 454 g/mol. The molecule has 168 valence electrons. The Kier molecular flexibility index (Phi) is 6.99. The van der Waals surface area contributed by atoms with E-state index in [0.717, 1.165) is 11.1 Å². The summed E-state index contributed by atoms with van der Waals surface area (Å²) in [6.07, 6.45) is 4.43. The molecule has 5 nitrogen and oxygen atoms in total. The van der Waals surface area contributed by atoms with E-state index >= 15 is 0 Å². The minimum Gasteiger partial charge on any atom is -0.507 e. The van der Waals surface area contributed by atoms with Crippen LogP contribution in [-0.2, 0) is 12.8 Å². The number of hydrogen-bond acceptors (Lipinski definition) is 5. The number of allylic oxidation sites excluding steroid dienone is 4. The number of methoxy groups -OCH3 is 1. The average Bonchev–Trinajstić information content (AvgIpc) is 2.73. The molecule has 3 aromatic rings. The van der Waals surface area contributed by atoms with Crippen molar-refractivity contribution in [1.82, 2.24) is 0 Å². The SMILES string of the molecule is COc1c(-c2ccc(Cl)cc2)oc2c(CC=C(C)C)c(O)c(CC=C(C)C)c(O)c2c1=O. The van der Waals surface area contributed by atoms with E-state index in [4.69, 9.17) is 20.8 Å². The number of phenols is 2. The van der Waals surface area contributed by atoms with E-state index in [1.54, 1.807) is 24.3 Å². The molecule has 0 saturated carbocycles. The normalized spacial score (nSPS) is 10.8. The summed E-state index contributed by atoms with van der Waals surface area (Å²) in [4.78, 5) is 13.4. The van der Waals surface area contributed by atoms with Crippen molar-refractivity contribution in [2.24, 2.45) is 0 Å². The lowest BCUT2D eigenvalue weighted by Crippen LogP contribution is -2.10. The van der Waals surface area contributed by atoms with Crippen molar-refractivity contribution in [3.8, 4) is 28.6 Å². The van der Waals surface area contributed by atoms with Crippen LogP contribution in [0.4, 0.5) is 0 Å². The molecule has 0 radical (unpaired) electrons. The van der Waals surface area contributed by atoms with Crippen molar-refractivity contribution >= 4 is 22.6 Å². The summed E-state index contributed by atoms with van der Waals surface area (Å²) in [5.74, 6) is -0.205. The molecule has 1 aromatic heterocycles. The highest BCUT2D eigenvalue weighted by molar-refractivity contribution is 6.30. The van der Waals surface area contributed by atoms with Crippen LogP contribution in [0.3, 0.4) is 0 Å². The lowest BCUT2D eigenvalue weighted by atomic mass is 9.96. The first-order chi connectivity index (χ1) is 15.1. The van der Waals surface area contributed by atoms with Gasteiger partial charge in [-0.1, -0.05) is 34.9 Å². The minimum atomic E-state index is -0.506. The third-order valence-electron chi connectivity index (χ3n) is 5.18. The number of benzene rings is 2. The van der Waals surface area contributed by atoms with Crippen LogP contribution in [0.1, 0.15) is 38.8 Å². The smallest absolute Gasteiger partial charge is 0.239 e. The molecule has 0 spiro atoms. The Morgan fingerprint density at radius 1 is 0.969 bits per heavy atom. The van der Waals surface area contributed by atoms with Crippen LogP contribution in [-0.4, -0.2) is 17.3 Å². The van der Waals surface area contributed by atoms with Gasteiger partial charge < -0.3 is 19.4 Å². The first kappa shape index (κ1) is 23.5. The van der Waals surface area contributed by atoms with E-state index in [-0.39, 0.29) is 46.0 Å². The van der Waals surface area contributed by atoms with Gasteiger partial charge in [-0.25, -0.2) is 0 Å². The number of ether oxygens (including phenoxy) is 1. The highest BCUT2D eigenvalue weighted by Gasteiger charge is 2.26. The molecule has 0 saturated heterocycles. The van der Waals surface area contributed by atoms with E-state index in [1.807, 2.05) is 39.8 Å². The van der Waals surface area contributed by atoms with Gasteiger partial charge >= 0.3 is 0 Å². The molecule has 1 heterocycles. The van der Waals surface area contributed by atoms with Crippen LogP contribution in [0.15, 0.2) is 56.8 Å². The Bertz CT molecular complexity index is 1270. The van der Waals surface area contributed by atoms with E-state index in [0.29, 0.717) is 22.6 Å². The van der Waals surface area contributed by atoms with E-state index in [1.165, 1.54) is 7.11 Å². The molecule has 0 fully saturated rings. The van der Waals surface area contributed by atoms with Gasteiger partial charge in [0.2, 0.25) is 11.2 Å².